The fourth-order valence-electron chi connectivity index (χ4n) is 1.98. The van der Waals surface area contributed by atoms with Crippen LogP contribution in [0, 0.1) is 0 Å². The van der Waals surface area contributed by atoms with Crippen molar-refractivity contribution >= 4 is 0 Å². The standard InChI is InChI=1S/C10H17N3O2/c1-2-9-11-10(15-12-9)6-13-5-3-4-8(13)7-14/h8,14H,2-7H2,1H3/t8-/m1/s1. The van der Waals surface area contributed by atoms with E-state index in [9.17, 15) is 0 Å². The van der Waals surface area contributed by atoms with Crippen molar-refractivity contribution in [1.82, 2.24) is 15.0 Å². The first kappa shape index (κ1) is 10.6. The van der Waals surface area contributed by atoms with Crippen molar-refractivity contribution in [1.29, 1.82) is 0 Å². The van der Waals surface area contributed by atoms with Crippen LogP contribution in [0.5, 0.6) is 0 Å². The monoisotopic (exact) mass is 211 g/mol. The Bertz CT molecular complexity index is 313. The molecule has 1 fully saturated rings. The zero-order chi connectivity index (χ0) is 10.7. The molecule has 2 rings (SSSR count). The lowest BCUT2D eigenvalue weighted by Gasteiger charge is -2.20. The Morgan fingerprint density at radius 2 is 2.47 bits per heavy atom. The average molecular weight is 211 g/mol. The number of aliphatic hydroxyl groups excluding tert-OH is 1. The van der Waals surface area contributed by atoms with Gasteiger partial charge in [-0.2, -0.15) is 4.98 Å². The fourth-order valence-corrected chi connectivity index (χ4v) is 1.98. The van der Waals surface area contributed by atoms with Crippen LogP contribution in [-0.2, 0) is 13.0 Å². The van der Waals surface area contributed by atoms with Crippen molar-refractivity contribution in [2.45, 2.75) is 38.8 Å². The summed E-state index contributed by atoms with van der Waals surface area (Å²) in [6, 6.07) is 0.266. The summed E-state index contributed by atoms with van der Waals surface area (Å²) in [5.74, 6) is 1.41. The molecule has 1 aliphatic rings. The highest BCUT2D eigenvalue weighted by Crippen LogP contribution is 2.18. The Balaban J connectivity index is 1.95. The van der Waals surface area contributed by atoms with E-state index in [1.807, 2.05) is 6.92 Å². The molecule has 0 aromatic carbocycles. The van der Waals surface area contributed by atoms with Gasteiger partial charge in [0.25, 0.3) is 0 Å². The normalized spacial score (nSPS) is 22.4. The summed E-state index contributed by atoms with van der Waals surface area (Å²) in [6.45, 7) is 3.89. The minimum Gasteiger partial charge on any atom is -0.395 e. The summed E-state index contributed by atoms with van der Waals surface area (Å²) in [6.07, 6.45) is 3.00. The molecule has 0 radical (unpaired) electrons. The molecule has 5 nitrogen and oxygen atoms in total. The Hall–Kier alpha value is -0.940. The topological polar surface area (TPSA) is 62.4 Å². The molecule has 0 aliphatic carbocycles. The number of rotatable bonds is 4. The molecule has 1 aliphatic heterocycles. The van der Waals surface area contributed by atoms with E-state index in [1.54, 1.807) is 0 Å². The molecule has 2 heterocycles. The molecule has 1 aromatic rings. The molecule has 0 unspecified atom stereocenters. The van der Waals surface area contributed by atoms with Gasteiger partial charge in [0.1, 0.15) is 0 Å². The van der Waals surface area contributed by atoms with Crippen LogP contribution < -0.4 is 0 Å². The van der Waals surface area contributed by atoms with Crippen molar-refractivity contribution in [3.8, 4) is 0 Å². The lowest BCUT2D eigenvalue weighted by molar-refractivity contribution is 0.141. The number of aryl methyl sites for hydroxylation is 1. The van der Waals surface area contributed by atoms with Gasteiger partial charge in [0, 0.05) is 12.5 Å². The first-order valence-electron chi connectivity index (χ1n) is 5.50. The number of hydrogen-bond donors (Lipinski definition) is 1. The van der Waals surface area contributed by atoms with Crippen molar-refractivity contribution < 1.29 is 9.63 Å². The van der Waals surface area contributed by atoms with Gasteiger partial charge in [-0.3, -0.25) is 4.90 Å². The molecule has 1 atom stereocenters. The van der Waals surface area contributed by atoms with Crippen LogP contribution in [0.3, 0.4) is 0 Å². The number of hydrogen-bond acceptors (Lipinski definition) is 5. The molecule has 0 amide bonds. The Kier molecular flexibility index (Phi) is 3.33. The van der Waals surface area contributed by atoms with Gasteiger partial charge >= 0.3 is 0 Å². The van der Waals surface area contributed by atoms with E-state index in [0.717, 1.165) is 31.6 Å². The molecule has 0 saturated carbocycles. The van der Waals surface area contributed by atoms with E-state index in [4.69, 9.17) is 9.63 Å². The second-order valence-corrected chi connectivity index (χ2v) is 3.91. The molecule has 5 heteroatoms. The summed E-state index contributed by atoms with van der Waals surface area (Å²) in [7, 11) is 0. The summed E-state index contributed by atoms with van der Waals surface area (Å²) in [4.78, 5) is 6.46. The molecular weight excluding hydrogens is 194 g/mol. The van der Waals surface area contributed by atoms with Gasteiger partial charge < -0.3 is 9.63 Å². The largest absolute Gasteiger partial charge is 0.395 e. The van der Waals surface area contributed by atoms with Crippen LogP contribution in [0.1, 0.15) is 31.5 Å². The Labute approximate surface area is 89.1 Å². The summed E-state index contributed by atoms with van der Waals surface area (Å²) in [5.41, 5.74) is 0. The minimum atomic E-state index is 0.217. The van der Waals surface area contributed by atoms with Gasteiger partial charge in [-0.1, -0.05) is 12.1 Å². The summed E-state index contributed by atoms with van der Waals surface area (Å²) in [5, 5.41) is 13.0. The van der Waals surface area contributed by atoms with E-state index in [-0.39, 0.29) is 12.6 Å². The second kappa shape index (κ2) is 4.72. The zero-order valence-corrected chi connectivity index (χ0v) is 9.02. The number of aliphatic hydroxyl groups is 1. The van der Waals surface area contributed by atoms with E-state index in [1.165, 1.54) is 0 Å². The van der Waals surface area contributed by atoms with Crippen molar-refractivity contribution in [2.75, 3.05) is 13.2 Å². The van der Waals surface area contributed by atoms with Gasteiger partial charge in [-0.15, -0.1) is 0 Å². The molecular formula is C10H17N3O2. The third-order valence-corrected chi connectivity index (χ3v) is 2.87. The second-order valence-electron chi connectivity index (χ2n) is 3.91. The molecule has 1 N–H and O–H groups in total. The van der Waals surface area contributed by atoms with Crippen LogP contribution >= 0.6 is 0 Å². The van der Waals surface area contributed by atoms with E-state index in [2.05, 4.69) is 15.0 Å². The predicted octanol–water partition coefficient (Wildman–Crippen LogP) is 0.589. The van der Waals surface area contributed by atoms with Gasteiger partial charge in [0.2, 0.25) is 5.89 Å². The smallest absolute Gasteiger partial charge is 0.240 e. The fraction of sp³-hybridized carbons (Fsp3) is 0.800. The lowest BCUT2D eigenvalue weighted by Crippen LogP contribution is -2.31. The third-order valence-electron chi connectivity index (χ3n) is 2.87. The van der Waals surface area contributed by atoms with E-state index in [0.29, 0.717) is 12.4 Å². The minimum absolute atomic E-state index is 0.217. The number of nitrogens with zero attached hydrogens (tertiary/aromatic N) is 3. The summed E-state index contributed by atoms with van der Waals surface area (Å²) >= 11 is 0. The van der Waals surface area contributed by atoms with Crippen LogP contribution in [0.25, 0.3) is 0 Å². The van der Waals surface area contributed by atoms with Crippen LogP contribution in [0.4, 0.5) is 0 Å². The molecule has 15 heavy (non-hydrogen) atoms. The SMILES string of the molecule is CCc1noc(CN2CCC[C@@H]2CO)n1. The third kappa shape index (κ3) is 2.35. The first-order chi connectivity index (χ1) is 7.33. The maximum Gasteiger partial charge on any atom is 0.240 e. The maximum absolute atomic E-state index is 9.16. The maximum atomic E-state index is 9.16. The Morgan fingerprint density at radius 3 is 3.13 bits per heavy atom. The quantitative estimate of drug-likeness (QED) is 0.789. The van der Waals surface area contributed by atoms with E-state index < -0.39 is 0 Å². The lowest BCUT2D eigenvalue weighted by atomic mass is 10.2. The van der Waals surface area contributed by atoms with Crippen molar-refractivity contribution in [3.63, 3.8) is 0 Å². The summed E-state index contributed by atoms with van der Waals surface area (Å²) < 4.78 is 5.13. The molecule has 1 aromatic heterocycles. The molecule has 84 valence electrons. The highest BCUT2D eigenvalue weighted by atomic mass is 16.5. The van der Waals surface area contributed by atoms with Crippen LogP contribution in [0.2, 0.25) is 0 Å². The van der Waals surface area contributed by atoms with E-state index >= 15 is 0 Å². The number of likely N-dealkylation sites (tertiary alicyclic amines) is 1. The van der Waals surface area contributed by atoms with Gasteiger partial charge in [0.05, 0.1) is 13.2 Å². The number of aromatic nitrogens is 2. The van der Waals surface area contributed by atoms with Crippen LogP contribution in [-0.4, -0.2) is 39.3 Å². The van der Waals surface area contributed by atoms with Gasteiger partial charge in [-0.05, 0) is 19.4 Å². The average Bonchev–Trinajstić information content (AvgIpc) is 2.87. The zero-order valence-electron chi connectivity index (χ0n) is 9.02. The van der Waals surface area contributed by atoms with Gasteiger partial charge in [0.15, 0.2) is 5.82 Å². The van der Waals surface area contributed by atoms with Gasteiger partial charge in [-0.25, -0.2) is 0 Å². The first-order valence-corrected chi connectivity index (χ1v) is 5.50. The highest BCUT2D eigenvalue weighted by molar-refractivity contribution is 4.88. The van der Waals surface area contributed by atoms with Crippen molar-refractivity contribution in [3.05, 3.63) is 11.7 Å². The molecule has 0 spiro atoms. The van der Waals surface area contributed by atoms with Crippen LogP contribution in [0.15, 0.2) is 4.52 Å². The highest BCUT2D eigenvalue weighted by Gasteiger charge is 2.25. The predicted molar refractivity (Wildman–Crippen MR) is 54.2 cm³/mol. The molecule has 1 saturated heterocycles. The Morgan fingerprint density at radius 1 is 1.60 bits per heavy atom. The molecule has 0 bridgehead atoms. The van der Waals surface area contributed by atoms with Crippen molar-refractivity contribution in [2.24, 2.45) is 0 Å².